The Balaban J connectivity index is 1.57. The van der Waals surface area contributed by atoms with Crippen molar-refractivity contribution in [3.05, 3.63) is 35.9 Å². The van der Waals surface area contributed by atoms with E-state index in [0.29, 0.717) is 25.7 Å². The average molecular weight is 419 g/mol. The van der Waals surface area contributed by atoms with Gasteiger partial charge in [-0.25, -0.2) is 0 Å². The SMILES string of the molecule is CCCCOCCOCCNC(=NCC1CCN(CCc2ccccc2)C1)NCC. The Labute approximate surface area is 183 Å². The van der Waals surface area contributed by atoms with Crippen molar-refractivity contribution in [3.63, 3.8) is 0 Å². The number of likely N-dealkylation sites (tertiary alicyclic amines) is 1. The number of hydrogen-bond acceptors (Lipinski definition) is 4. The Morgan fingerprint density at radius 3 is 2.63 bits per heavy atom. The van der Waals surface area contributed by atoms with Gasteiger partial charge in [-0.3, -0.25) is 4.99 Å². The summed E-state index contributed by atoms with van der Waals surface area (Å²) in [4.78, 5) is 7.38. The number of nitrogens with one attached hydrogen (secondary N) is 2. The summed E-state index contributed by atoms with van der Waals surface area (Å²) in [6, 6.07) is 10.8. The van der Waals surface area contributed by atoms with Crippen molar-refractivity contribution in [2.75, 3.05) is 65.7 Å². The molecule has 0 amide bonds. The summed E-state index contributed by atoms with van der Waals surface area (Å²) < 4.78 is 11.1. The largest absolute Gasteiger partial charge is 0.379 e. The monoisotopic (exact) mass is 418 g/mol. The number of aliphatic imine (C=N–C) groups is 1. The van der Waals surface area contributed by atoms with E-state index in [1.807, 2.05) is 0 Å². The van der Waals surface area contributed by atoms with Crippen LogP contribution in [-0.2, 0) is 15.9 Å². The second-order valence-electron chi connectivity index (χ2n) is 7.92. The fraction of sp³-hybridized carbons (Fsp3) is 0.708. The minimum absolute atomic E-state index is 0.646. The molecule has 0 radical (unpaired) electrons. The number of guanidine groups is 1. The number of rotatable bonds is 15. The van der Waals surface area contributed by atoms with Crippen molar-refractivity contribution in [2.24, 2.45) is 10.9 Å². The van der Waals surface area contributed by atoms with Gasteiger partial charge in [-0.05, 0) is 44.2 Å². The maximum absolute atomic E-state index is 5.62. The number of ether oxygens (including phenoxy) is 2. The van der Waals surface area contributed by atoms with E-state index in [-0.39, 0.29) is 0 Å². The standard InChI is InChI=1S/C24H42N4O2/c1-3-5-16-29-18-19-30-17-13-26-24(25-4-2)27-20-23-12-15-28(21-23)14-11-22-9-7-6-8-10-22/h6-10,23H,3-5,11-21H2,1-2H3,(H2,25,26,27). The molecule has 1 unspecified atom stereocenters. The average Bonchev–Trinajstić information content (AvgIpc) is 3.23. The first-order valence-electron chi connectivity index (χ1n) is 11.8. The Bertz CT molecular complexity index is 568. The third-order valence-electron chi connectivity index (χ3n) is 5.33. The van der Waals surface area contributed by atoms with Gasteiger partial charge in [-0.1, -0.05) is 43.7 Å². The second kappa shape index (κ2) is 16.1. The van der Waals surface area contributed by atoms with Gasteiger partial charge in [0.25, 0.3) is 0 Å². The lowest BCUT2D eigenvalue weighted by molar-refractivity contribution is 0.0487. The highest BCUT2D eigenvalue weighted by Gasteiger charge is 2.21. The van der Waals surface area contributed by atoms with Crippen molar-refractivity contribution in [1.29, 1.82) is 0 Å². The van der Waals surface area contributed by atoms with Crippen LogP contribution in [0.15, 0.2) is 35.3 Å². The summed E-state index contributed by atoms with van der Waals surface area (Å²) in [5.41, 5.74) is 1.42. The molecule has 1 aliphatic heterocycles. The minimum Gasteiger partial charge on any atom is -0.379 e. The van der Waals surface area contributed by atoms with Crippen molar-refractivity contribution < 1.29 is 9.47 Å². The first-order valence-corrected chi connectivity index (χ1v) is 11.8. The van der Waals surface area contributed by atoms with E-state index in [1.54, 1.807) is 0 Å². The Morgan fingerprint density at radius 2 is 1.87 bits per heavy atom. The van der Waals surface area contributed by atoms with Gasteiger partial charge < -0.3 is 25.0 Å². The first-order chi connectivity index (χ1) is 14.8. The number of nitrogens with zero attached hydrogens (tertiary/aromatic N) is 2. The molecule has 1 aliphatic rings. The quantitative estimate of drug-likeness (QED) is 0.261. The number of hydrogen-bond donors (Lipinski definition) is 2. The Hall–Kier alpha value is -1.63. The van der Waals surface area contributed by atoms with Gasteiger partial charge in [-0.15, -0.1) is 0 Å². The highest BCUT2D eigenvalue weighted by molar-refractivity contribution is 5.79. The van der Waals surface area contributed by atoms with Crippen LogP contribution in [0.1, 0.15) is 38.7 Å². The molecule has 1 fully saturated rings. The van der Waals surface area contributed by atoms with E-state index in [1.165, 1.54) is 24.9 Å². The highest BCUT2D eigenvalue weighted by atomic mass is 16.5. The smallest absolute Gasteiger partial charge is 0.191 e. The third-order valence-corrected chi connectivity index (χ3v) is 5.33. The summed E-state index contributed by atoms with van der Waals surface area (Å²) >= 11 is 0. The van der Waals surface area contributed by atoms with E-state index in [2.05, 4.69) is 59.7 Å². The van der Waals surface area contributed by atoms with Crippen molar-refractivity contribution in [2.45, 2.75) is 39.5 Å². The van der Waals surface area contributed by atoms with Crippen molar-refractivity contribution in [3.8, 4) is 0 Å². The van der Waals surface area contributed by atoms with Gasteiger partial charge in [-0.2, -0.15) is 0 Å². The molecular formula is C24H42N4O2. The fourth-order valence-electron chi connectivity index (χ4n) is 3.57. The fourth-order valence-corrected chi connectivity index (χ4v) is 3.57. The Kier molecular flexibility index (Phi) is 13.2. The number of unbranched alkanes of at least 4 members (excludes halogenated alkanes) is 1. The molecule has 1 aromatic carbocycles. The van der Waals surface area contributed by atoms with Crippen LogP contribution in [0.3, 0.4) is 0 Å². The van der Waals surface area contributed by atoms with Gasteiger partial charge in [0.1, 0.15) is 0 Å². The highest BCUT2D eigenvalue weighted by Crippen LogP contribution is 2.17. The van der Waals surface area contributed by atoms with Crippen molar-refractivity contribution >= 4 is 5.96 Å². The molecular weight excluding hydrogens is 376 g/mol. The molecule has 170 valence electrons. The molecule has 1 saturated heterocycles. The van der Waals surface area contributed by atoms with Crippen LogP contribution < -0.4 is 10.6 Å². The van der Waals surface area contributed by atoms with E-state index in [0.717, 1.165) is 58.1 Å². The molecule has 1 heterocycles. The zero-order valence-corrected chi connectivity index (χ0v) is 19.1. The lowest BCUT2D eigenvalue weighted by Crippen LogP contribution is -2.39. The van der Waals surface area contributed by atoms with Crippen LogP contribution in [0.4, 0.5) is 0 Å². The zero-order chi connectivity index (χ0) is 21.3. The summed E-state index contributed by atoms with van der Waals surface area (Å²) in [5.74, 6) is 1.54. The van der Waals surface area contributed by atoms with Gasteiger partial charge in [0.15, 0.2) is 5.96 Å². The van der Waals surface area contributed by atoms with Crippen LogP contribution in [0.2, 0.25) is 0 Å². The molecule has 0 aromatic heterocycles. The van der Waals surface area contributed by atoms with Gasteiger partial charge in [0, 0.05) is 39.3 Å². The Morgan fingerprint density at radius 1 is 1.07 bits per heavy atom. The molecule has 30 heavy (non-hydrogen) atoms. The van der Waals surface area contributed by atoms with E-state index in [9.17, 15) is 0 Å². The number of benzene rings is 1. The summed E-state index contributed by atoms with van der Waals surface area (Å²) in [6.45, 7) is 13.1. The van der Waals surface area contributed by atoms with E-state index in [4.69, 9.17) is 14.5 Å². The van der Waals surface area contributed by atoms with Gasteiger partial charge in [0.05, 0.1) is 19.8 Å². The molecule has 0 spiro atoms. The minimum atomic E-state index is 0.646. The normalized spacial score (nSPS) is 17.4. The zero-order valence-electron chi connectivity index (χ0n) is 19.1. The van der Waals surface area contributed by atoms with Crippen LogP contribution >= 0.6 is 0 Å². The van der Waals surface area contributed by atoms with Crippen molar-refractivity contribution in [1.82, 2.24) is 15.5 Å². The van der Waals surface area contributed by atoms with Crippen LogP contribution in [0.5, 0.6) is 0 Å². The maximum atomic E-state index is 5.62. The predicted octanol–water partition coefficient (Wildman–Crippen LogP) is 2.94. The third kappa shape index (κ3) is 11.0. The lowest BCUT2D eigenvalue weighted by Gasteiger charge is -2.16. The second-order valence-corrected chi connectivity index (χ2v) is 7.92. The molecule has 2 N–H and O–H groups in total. The molecule has 1 aromatic rings. The molecule has 1 atom stereocenters. The van der Waals surface area contributed by atoms with Gasteiger partial charge >= 0.3 is 0 Å². The first kappa shape index (κ1) is 24.6. The molecule has 0 aliphatic carbocycles. The predicted molar refractivity (Wildman–Crippen MR) is 125 cm³/mol. The summed E-state index contributed by atoms with van der Waals surface area (Å²) in [7, 11) is 0. The molecule has 6 nitrogen and oxygen atoms in total. The van der Waals surface area contributed by atoms with E-state index < -0.39 is 0 Å². The summed E-state index contributed by atoms with van der Waals surface area (Å²) in [5, 5.41) is 6.71. The molecule has 0 saturated carbocycles. The van der Waals surface area contributed by atoms with Crippen LogP contribution in [-0.4, -0.2) is 76.6 Å². The van der Waals surface area contributed by atoms with E-state index >= 15 is 0 Å². The van der Waals surface area contributed by atoms with Crippen LogP contribution in [0, 0.1) is 5.92 Å². The maximum Gasteiger partial charge on any atom is 0.191 e. The van der Waals surface area contributed by atoms with Crippen LogP contribution in [0.25, 0.3) is 0 Å². The molecule has 2 rings (SSSR count). The van der Waals surface area contributed by atoms with Gasteiger partial charge in [0.2, 0.25) is 0 Å². The molecule has 0 bridgehead atoms. The topological polar surface area (TPSA) is 58.1 Å². The summed E-state index contributed by atoms with van der Waals surface area (Å²) in [6.07, 6.45) is 4.66. The molecule has 6 heteroatoms. The lowest BCUT2D eigenvalue weighted by atomic mass is 10.1.